The zero-order chi connectivity index (χ0) is 8.39. The molecule has 1 saturated carbocycles. The first-order valence-electron chi connectivity index (χ1n) is 4.67. The third-order valence-electron chi connectivity index (χ3n) is 2.51. The van der Waals surface area contributed by atoms with Crippen molar-refractivity contribution < 1.29 is 0 Å². The van der Waals surface area contributed by atoms with Gasteiger partial charge in [-0.2, -0.15) is 0 Å². The minimum atomic E-state index is 0.263. The van der Waals surface area contributed by atoms with Gasteiger partial charge in [0.25, 0.3) is 0 Å². The van der Waals surface area contributed by atoms with Crippen molar-refractivity contribution in [2.45, 2.75) is 25.3 Å². The van der Waals surface area contributed by atoms with Crippen LogP contribution in [0.3, 0.4) is 0 Å². The molecule has 1 aromatic rings. The summed E-state index contributed by atoms with van der Waals surface area (Å²) in [5.41, 5.74) is 7.32. The first-order valence-corrected chi connectivity index (χ1v) is 4.67. The number of nitrogens with two attached hydrogens (primary N) is 1. The van der Waals surface area contributed by atoms with E-state index < -0.39 is 0 Å². The van der Waals surface area contributed by atoms with Crippen molar-refractivity contribution in [1.82, 2.24) is 0 Å². The van der Waals surface area contributed by atoms with Crippen molar-refractivity contribution in [3.8, 4) is 0 Å². The number of hydrogen-bond donors (Lipinski definition) is 1. The summed E-state index contributed by atoms with van der Waals surface area (Å²) >= 11 is 0. The predicted octanol–water partition coefficient (Wildman–Crippen LogP) is 2.49. The quantitative estimate of drug-likeness (QED) is 0.724. The first-order chi connectivity index (χ1) is 5.86. The molecule has 0 amide bonds. The second-order valence-electron chi connectivity index (χ2n) is 3.70. The Bertz CT molecular complexity index is 238. The highest BCUT2D eigenvalue weighted by Gasteiger charge is 2.24. The molecule has 1 unspecified atom stereocenters. The van der Waals surface area contributed by atoms with Crippen LogP contribution in [0, 0.1) is 5.92 Å². The van der Waals surface area contributed by atoms with Gasteiger partial charge in [0, 0.05) is 6.04 Å². The molecular weight excluding hydrogens is 146 g/mol. The van der Waals surface area contributed by atoms with Gasteiger partial charge in [0.1, 0.15) is 0 Å². The molecule has 12 heavy (non-hydrogen) atoms. The minimum absolute atomic E-state index is 0.263. The summed E-state index contributed by atoms with van der Waals surface area (Å²) in [7, 11) is 0. The zero-order valence-corrected chi connectivity index (χ0v) is 7.24. The highest BCUT2D eigenvalue weighted by atomic mass is 14.6. The lowest BCUT2D eigenvalue weighted by Crippen LogP contribution is -2.10. The van der Waals surface area contributed by atoms with E-state index in [1.165, 1.54) is 24.8 Å². The van der Waals surface area contributed by atoms with Crippen molar-refractivity contribution in [3.63, 3.8) is 0 Å². The Balaban J connectivity index is 1.98. The van der Waals surface area contributed by atoms with Gasteiger partial charge in [0.15, 0.2) is 0 Å². The van der Waals surface area contributed by atoms with Crippen LogP contribution in [0.4, 0.5) is 0 Å². The molecule has 1 aromatic carbocycles. The van der Waals surface area contributed by atoms with E-state index in [1.54, 1.807) is 0 Å². The maximum atomic E-state index is 6.04. The van der Waals surface area contributed by atoms with E-state index in [0.717, 1.165) is 5.92 Å². The molecule has 1 atom stereocenters. The molecule has 1 fully saturated rings. The fourth-order valence-electron chi connectivity index (χ4n) is 1.55. The Morgan fingerprint density at radius 2 is 1.92 bits per heavy atom. The summed E-state index contributed by atoms with van der Waals surface area (Å²) in [5.74, 6) is 0.917. The van der Waals surface area contributed by atoms with Gasteiger partial charge in [0.05, 0.1) is 0 Å². The van der Waals surface area contributed by atoms with Crippen LogP contribution in [0.2, 0.25) is 0 Å². The molecule has 0 aliphatic heterocycles. The van der Waals surface area contributed by atoms with Crippen LogP contribution < -0.4 is 5.73 Å². The van der Waals surface area contributed by atoms with Gasteiger partial charge in [-0.05, 0) is 17.9 Å². The van der Waals surface area contributed by atoms with Gasteiger partial charge >= 0.3 is 0 Å². The Morgan fingerprint density at radius 3 is 2.50 bits per heavy atom. The summed E-state index contributed by atoms with van der Waals surface area (Å²) < 4.78 is 0. The van der Waals surface area contributed by atoms with E-state index in [4.69, 9.17) is 5.73 Å². The molecule has 0 spiro atoms. The Hall–Kier alpha value is -0.820. The summed E-state index contributed by atoms with van der Waals surface area (Å²) in [6.07, 6.45) is 3.95. The van der Waals surface area contributed by atoms with Crippen molar-refractivity contribution in [1.29, 1.82) is 0 Å². The Labute approximate surface area is 73.6 Å². The Kier molecular flexibility index (Phi) is 2.13. The average Bonchev–Trinajstić information content (AvgIpc) is 2.90. The number of hydrogen-bond acceptors (Lipinski definition) is 1. The van der Waals surface area contributed by atoms with Crippen molar-refractivity contribution >= 4 is 0 Å². The monoisotopic (exact) mass is 161 g/mol. The average molecular weight is 161 g/mol. The molecule has 2 N–H and O–H groups in total. The topological polar surface area (TPSA) is 26.0 Å². The molecule has 0 heterocycles. The molecule has 0 saturated heterocycles. The standard InChI is InChI=1S/C11H15N/c12-11(8-9-6-7-9)10-4-2-1-3-5-10/h1-5,9,11H,6-8,12H2. The normalized spacial score (nSPS) is 19.1. The van der Waals surface area contributed by atoms with E-state index in [-0.39, 0.29) is 6.04 Å². The van der Waals surface area contributed by atoms with E-state index in [1.807, 2.05) is 6.07 Å². The van der Waals surface area contributed by atoms with Crippen LogP contribution in [-0.2, 0) is 0 Å². The van der Waals surface area contributed by atoms with Crippen LogP contribution in [0.15, 0.2) is 30.3 Å². The lowest BCUT2D eigenvalue weighted by molar-refractivity contribution is 0.597. The third-order valence-corrected chi connectivity index (χ3v) is 2.51. The van der Waals surface area contributed by atoms with E-state index in [0.29, 0.717) is 0 Å². The fraction of sp³-hybridized carbons (Fsp3) is 0.455. The number of rotatable bonds is 3. The lowest BCUT2D eigenvalue weighted by Gasteiger charge is -2.10. The van der Waals surface area contributed by atoms with Gasteiger partial charge in [-0.1, -0.05) is 43.2 Å². The molecule has 0 bridgehead atoms. The summed E-state index contributed by atoms with van der Waals surface area (Å²) in [5, 5.41) is 0. The predicted molar refractivity (Wildman–Crippen MR) is 50.7 cm³/mol. The van der Waals surface area contributed by atoms with Crippen LogP contribution in [0.5, 0.6) is 0 Å². The number of benzene rings is 1. The first kappa shape index (κ1) is 7.81. The van der Waals surface area contributed by atoms with Crippen LogP contribution in [0.25, 0.3) is 0 Å². The van der Waals surface area contributed by atoms with Crippen LogP contribution in [0.1, 0.15) is 30.9 Å². The molecular formula is C11H15N. The van der Waals surface area contributed by atoms with Crippen molar-refractivity contribution in [2.75, 3.05) is 0 Å². The highest BCUT2D eigenvalue weighted by molar-refractivity contribution is 5.18. The fourth-order valence-corrected chi connectivity index (χ4v) is 1.55. The lowest BCUT2D eigenvalue weighted by atomic mass is 10.0. The molecule has 2 rings (SSSR count). The SMILES string of the molecule is NC(CC1CC1)c1ccccc1. The summed E-state index contributed by atoms with van der Waals surface area (Å²) in [4.78, 5) is 0. The molecule has 1 heteroatoms. The van der Waals surface area contributed by atoms with E-state index in [2.05, 4.69) is 24.3 Å². The van der Waals surface area contributed by atoms with Gasteiger partial charge in [-0.3, -0.25) is 0 Å². The molecule has 64 valence electrons. The van der Waals surface area contributed by atoms with Gasteiger partial charge in [-0.15, -0.1) is 0 Å². The molecule has 1 aliphatic carbocycles. The maximum Gasteiger partial charge on any atom is 0.0297 e. The summed E-state index contributed by atoms with van der Waals surface area (Å²) in [6, 6.07) is 10.6. The van der Waals surface area contributed by atoms with Gasteiger partial charge in [-0.25, -0.2) is 0 Å². The molecule has 1 aliphatic rings. The van der Waals surface area contributed by atoms with Gasteiger partial charge < -0.3 is 5.73 Å². The maximum absolute atomic E-state index is 6.04. The largest absolute Gasteiger partial charge is 0.324 e. The van der Waals surface area contributed by atoms with E-state index >= 15 is 0 Å². The van der Waals surface area contributed by atoms with Crippen molar-refractivity contribution in [2.24, 2.45) is 11.7 Å². The highest BCUT2D eigenvalue weighted by Crippen LogP contribution is 2.36. The second-order valence-corrected chi connectivity index (χ2v) is 3.70. The van der Waals surface area contributed by atoms with E-state index in [9.17, 15) is 0 Å². The second kappa shape index (κ2) is 3.28. The summed E-state index contributed by atoms with van der Waals surface area (Å²) in [6.45, 7) is 0. The zero-order valence-electron chi connectivity index (χ0n) is 7.24. The minimum Gasteiger partial charge on any atom is -0.324 e. The van der Waals surface area contributed by atoms with Crippen molar-refractivity contribution in [3.05, 3.63) is 35.9 Å². The molecule has 1 nitrogen and oxygen atoms in total. The van der Waals surface area contributed by atoms with Crippen LogP contribution >= 0.6 is 0 Å². The van der Waals surface area contributed by atoms with Crippen LogP contribution in [-0.4, -0.2) is 0 Å². The smallest absolute Gasteiger partial charge is 0.0297 e. The third kappa shape index (κ3) is 1.86. The molecule has 0 aromatic heterocycles. The van der Waals surface area contributed by atoms with Gasteiger partial charge in [0.2, 0.25) is 0 Å². The Morgan fingerprint density at radius 1 is 1.25 bits per heavy atom. The molecule has 0 radical (unpaired) electrons.